The first-order valence-corrected chi connectivity index (χ1v) is 12.8. The summed E-state index contributed by atoms with van der Waals surface area (Å²) in [5.41, 5.74) is 5.67. The van der Waals surface area contributed by atoms with Crippen LogP contribution in [0.1, 0.15) is 51.4 Å². The summed E-state index contributed by atoms with van der Waals surface area (Å²) in [4.78, 5) is 14.7. The highest BCUT2D eigenvalue weighted by Crippen LogP contribution is 2.36. The van der Waals surface area contributed by atoms with Crippen LogP contribution in [-0.2, 0) is 0 Å². The van der Waals surface area contributed by atoms with Crippen molar-refractivity contribution in [2.24, 2.45) is 0 Å². The van der Waals surface area contributed by atoms with E-state index in [-0.39, 0.29) is 0 Å². The molecule has 35 heavy (non-hydrogen) atoms. The van der Waals surface area contributed by atoms with Gasteiger partial charge in [-0.25, -0.2) is 15.0 Å². The van der Waals surface area contributed by atoms with Gasteiger partial charge in [0.2, 0.25) is 5.95 Å². The van der Waals surface area contributed by atoms with E-state index in [1.54, 1.807) is 7.11 Å². The maximum atomic E-state index is 5.52. The lowest BCUT2D eigenvalue weighted by atomic mass is 10.1. The van der Waals surface area contributed by atoms with Gasteiger partial charge >= 0.3 is 0 Å². The second-order valence-corrected chi connectivity index (χ2v) is 9.67. The number of nitrogens with one attached hydrogen (secondary N) is 2. The maximum absolute atomic E-state index is 5.52. The quantitative estimate of drug-likeness (QED) is 0.337. The standard InChI is InChI=1S/C28H32N6O/c1-35-22-13-6-8-19(18-22)25-26(23-15-16-29-28(32-23)31-21-11-4-5-12-21)34-17-7-14-24(27(34)33-25)30-20-9-2-3-10-20/h6-8,13-18,20-21,30H,2-5,9-12H2,1H3,(H,29,31,32). The number of imidazole rings is 1. The fourth-order valence-electron chi connectivity index (χ4n) is 5.50. The molecule has 2 saturated carbocycles. The number of hydrogen-bond acceptors (Lipinski definition) is 6. The molecule has 0 bridgehead atoms. The maximum Gasteiger partial charge on any atom is 0.223 e. The Balaban J connectivity index is 1.48. The topological polar surface area (TPSA) is 76.4 Å². The van der Waals surface area contributed by atoms with Crippen molar-refractivity contribution in [3.05, 3.63) is 54.9 Å². The lowest BCUT2D eigenvalue weighted by molar-refractivity contribution is 0.415. The minimum absolute atomic E-state index is 0.451. The van der Waals surface area contributed by atoms with Crippen LogP contribution in [0.25, 0.3) is 28.3 Å². The fraction of sp³-hybridized carbons (Fsp3) is 0.393. The van der Waals surface area contributed by atoms with Crippen LogP contribution in [0.4, 0.5) is 11.6 Å². The Morgan fingerprint density at radius 3 is 2.43 bits per heavy atom. The summed E-state index contributed by atoms with van der Waals surface area (Å²) in [5, 5.41) is 7.30. The second kappa shape index (κ2) is 9.56. The molecule has 2 fully saturated rings. The van der Waals surface area contributed by atoms with Gasteiger partial charge in [0.25, 0.3) is 0 Å². The molecule has 0 unspecified atom stereocenters. The predicted molar refractivity (Wildman–Crippen MR) is 140 cm³/mol. The summed E-state index contributed by atoms with van der Waals surface area (Å²) in [6.45, 7) is 0. The Labute approximate surface area is 206 Å². The van der Waals surface area contributed by atoms with Crippen LogP contribution < -0.4 is 15.4 Å². The van der Waals surface area contributed by atoms with E-state index in [0.29, 0.717) is 18.0 Å². The highest BCUT2D eigenvalue weighted by atomic mass is 16.5. The van der Waals surface area contributed by atoms with Gasteiger partial charge in [0.05, 0.1) is 29.9 Å². The van der Waals surface area contributed by atoms with Gasteiger partial charge in [0.15, 0.2) is 5.65 Å². The van der Waals surface area contributed by atoms with Gasteiger partial charge in [-0.05, 0) is 56.0 Å². The Bertz CT molecular complexity index is 1320. The number of nitrogens with zero attached hydrogens (tertiary/aromatic N) is 4. The first-order valence-electron chi connectivity index (χ1n) is 12.8. The summed E-state index contributed by atoms with van der Waals surface area (Å²) in [7, 11) is 1.69. The number of anilines is 2. The molecule has 0 aliphatic heterocycles. The Morgan fingerprint density at radius 1 is 0.886 bits per heavy atom. The number of methoxy groups -OCH3 is 1. The molecule has 3 heterocycles. The first kappa shape index (κ1) is 21.9. The van der Waals surface area contributed by atoms with Crippen LogP contribution in [0, 0.1) is 0 Å². The molecule has 4 aromatic rings. The van der Waals surface area contributed by atoms with Gasteiger partial charge in [-0.2, -0.15) is 0 Å². The van der Waals surface area contributed by atoms with E-state index in [1.807, 2.05) is 30.5 Å². The minimum Gasteiger partial charge on any atom is -0.497 e. The first-order chi connectivity index (χ1) is 17.3. The third-order valence-corrected chi connectivity index (χ3v) is 7.29. The van der Waals surface area contributed by atoms with Gasteiger partial charge in [-0.15, -0.1) is 0 Å². The summed E-state index contributed by atoms with van der Waals surface area (Å²) < 4.78 is 7.68. The average Bonchev–Trinajstić information content (AvgIpc) is 3.66. The molecule has 180 valence electrons. The van der Waals surface area contributed by atoms with Crippen molar-refractivity contribution in [2.75, 3.05) is 17.7 Å². The molecule has 6 rings (SSSR count). The molecule has 0 saturated heterocycles. The van der Waals surface area contributed by atoms with Crippen molar-refractivity contribution in [1.82, 2.24) is 19.4 Å². The summed E-state index contributed by atoms with van der Waals surface area (Å²) in [6, 6.07) is 15.2. The number of ether oxygens (including phenoxy) is 1. The Kier molecular flexibility index (Phi) is 5.98. The zero-order chi connectivity index (χ0) is 23.6. The number of benzene rings is 1. The Morgan fingerprint density at radius 2 is 1.66 bits per heavy atom. The average molecular weight is 469 g/mol. The number of pyridine rings is 1. The third kappa shape index (κ3) is 4.43. The van der Waals surface area contributed by atoms with E-state index in [1.165, 1.54) is 51.4 Å². The highest BCUT2D eigenvalue weighted by Gasteiger charge is 2.22. The summed E-state index contributed by atoms with van der Waals surface area (Å²) in [5.74, 6) is 1.49. The molecule has 7 heteroatoms. The number of rotatable bonds is 7. The van der Waals surface area contributed by atoms with Crippen molar-refractivity contribution in [1.29, 1.82) is 0 Å². The lowest BCUT2D eigenvalue weighted by Gasteiger charge is -2.14. The third-order valence-electron chi connectivity index (χ3n) is 7.29. The molecule has 3 aromatic heterocycles. The van der Waals surface area contributed by atoms with Crippen molar-refractivity contribution in [3.63, 3.8) is 0 Å². The largest absolute Gasteiger partial charge is 0.497 e. The summed E-state index contributed by atoms with van der Waals surface area (Å²) >= 11 is 0. The van der Waals surface area contributed by atoms with Crippen molar-refractivity contribution in [2.45, 2.75) is 63.5 Å². The highest BCUT2D eigenvalue weighted by molar-refractivity contribution is 5.85. The summed E-state index contributed by atoms with van der Waals surface area (Å²) in [6.07, 6.45) is 13.8. The lowest BCUT2D eigenvalue weighted by Crippen LogP contribution is -2.16. The van der Waals surface area contributed by atoms with Gasteiger partial charge < -0.3 is 15.4 Å². The van der Waals surface area contributed by atoms with Crippen LogP contribution >= 0.6 is 0 Å². The zero-order valence-corrected chi connectivity index (χ0v) is 20.2. The molecular weight excluding hydrogens is 436 g/mol. The van der Waals surface area contributed by atoms with Gasteiger partial charge in [-0.1, -0.05) is 37.8 Å². The molecular formula is C28H32N6O. The number of hydrogen-bond donors (Lipinski definition) is 2. The monoisotopic (exact) mass is 468 g/mol. The van der Waals surface area contributed by atoms with E-state index in [0.717, 1.165) is 39.7 Å². The van der Waals surface area contributed by atoms with Crippen molar-refractivity contribution >= 4 is 17.3 Å². The van der Waals surface area contributed by atoms with E-state index < -0.39 is 0 Å². The molecule has 0 spiro atoms. The molecule has 2 N–H and O–H groups in total. The van der Waals surface area contributed by atoms with Crippen LogP contribution in [0.2, 0.25) is 0 Å². The van der Waals surface area contributed by atoms with Crippen LogP contribution in [-0.4, -0.2) is 38.5 Å². The van der Waals surface area contributed by atoms with Crippen molar-refractivity contribution < 1.29 is 4.74 Å². The molecule has 0 amide bonds. The number of aromatic nitrogens is 4. The molecule has 0 atom stereocenters. The molecule has 0 radical (unpaired) electrons. The SMILES string of the molecule is COc1cccc(-c2nc3c(NC4CCCC4)cccn3c2-c2ccnc(NC3CCCC3)n2)c1. The number of fused-ring (bicyclic) bond motifs is 1. The Hall–Kier alpha value is -3.61. The predicted octanol–water partition coefficient (Wildman–Crippen LogP) is 6.18. The van der Waals surface area contributed by atoms with Crippen molar-refractivity contribution in [3.8, 4) is 28.4 Å². The van der Waals surface area contributed by atoms with Crippen LogP contribution in [0.5, 0.6) is 5.75 Å². The van der Waals surface area contributed by atoms with E-state index in [2.05, 4.69) is 44.4 Å². The van der Waals surface area contributed by atoms with Gasteiger partial charge in [0, 0.05) is 30.0 Å². The van der Waals surface area contributed by atoms with Crippen LogP contribution in [0.15, 0.2) is 54.9 Å². The molecule has 7 nitrogen and oxygen atoms in total. The van der Waals surface area contributed by atoms with E-state index in [9.17, 15) is 0 Å². The molecule has 2 aliphatic carbocycles. The van der Waals surface area contributed by atoms with Gasteiger partial charge in [0.1, 0.15) is 5.75 Å². The minimum atomic E-state index is 0.451. The fourth-order valence-corrected chi connectivity index (χ4v) is 5.50. The smallest absolute Gasteiger partial charge is 0.223 e. The van der Waals surface area contributed by atoms with E-state index in [4.69, 9.17) is 14.7 Å². The molecule has 2 aliphatic rings. The van der Waals surface area contributed by atoms with Crippen LogP contribution in [0.3, 0.4) is 0 Å². The molecule has 1 aromatic carbocycles. The zero-order valence-electron chi connectivity index (χ0n) is 20.2. The van der Waals surface area contributed by atoms with Gasteiger partial charge in [-0.3, -0.25) is 4.40 Å². The normalized spacial score (nSPS) is 16.7. The second-order valence-electron chi connectivity index (χ2n) is 9.67. The van der Waals surface area contributed by atoms with E-state index >= 15 is 0 Å².